The van der Waals surface area contributed by atoms with Crippen molar-refractivity contribution in [2.75, 3.05) is 39.8 Å². The molecule has 0 radical (unpaired) electrons. The van der Waals surface area contributed by atoms with Gasteiger partial charge in [-0.3, -0.25) is 9.69 Å². The molecule has 0 atom stereocenters. The first-order valence-electron chi connectivity index (χ1n) is 7.32. The van der Waals surface area contributed by atoms with Crippen molar-refractivity contribution in [1.82, 2.24) is 9.80 Å². The molecule has 1 aromatic rings. The smallest absolute Gasteiger partial charge is 0.336 e. The van der Waals surface area contributed by atoms with E-state index in [2.05, 4.69) is 4.90 Å². The van der Waals surface area contributed by atoms with E-state index in [9.17, 15) is 14.7 Å². The van der Waals surface area contributed by atoms with Gasteiger partial charge in [0, 0.05) is 31.7 Å². The molecular formula is C16H19N3O4. The lowest BCUT2D eigenvalue weighted by Gasteiger charge is -2.31. The second-order valence-corrected chi connectivity index (χ2v) is 5.53. The van der Waals surface area contributed by atoms with E-state index < -0.39 is 5.97 Å². The zero-order chi connectivity index (χ0) is 16.8. The minimum Gasteiger partial charge on any atom is -0.478 e. The monoisotopic (exact) mass is 317 g/mol. The first-order valence-corrected chi connectivity index (χ1v) is 7.32. The van der Waals surface area contributed by atoms with Gasteiger partial charge in [0.15, 0.2) is 0 Å². The van der Waals surface area contributed by atoms with Crippen molar-refractivity contribution in [1.29, 1.82) is 5.26 Å². The van der Waals surface area contributed by atoms with Gasteiger partial charge in [0.2, 0.25) is 0 Å². The lowest BCUT2D eigenvalue weighted by molar-refractivity contribution is -0.146. The average molecular weight is 317 g/mol. The van der Waals surface area contributed by atoms with Crippen molar-refractivity contribution in [3.8, 4) is 6.07 Å². The number of ether oxygens (including phenoxy) is 1. The third kappa shape index (κ3) is 4.77. The number of benzene rings is 1. The zero-order valence-corrected chi connectivity index (χ0v) is 13.0. The van der Waals surface area contributed by atoms with E-state index in [-0.39, 0.29) is 30.2 Å². The van der Waals surface area contributed by atoms with Gasteiger partial charge in [-0.15, -0.1) is 0 Å². The summed E-state index contributed by atoms with van der Waals surface area (Å²) < 4.78 is 5.18. The lowest BCUT2D eigenvalue weighted by Crippen LogP contribution is -2.46. The molecule has 23 heavy (non-hydrogen) atoms. The van der Waals surface area contributed by atoms with Crippen LogP contribution in [0.3, 0.4) is 0 Å². The van der Waals surface area contributed by atoms with Gasteiger partial charge in [-0.1, -0.05) is 6.07 Å². The Morgan fingerprint density at radius 3 is 2.61 bits per heavy atom. The number of aromatic carboxylic acids is 1. The van der Waals surface area contributed by atoms with E-state index in [0.717, 1.165) is 26.2 Å². The molecule has 1 fully saturated rings. The molecule has 7 nitrogen and oxygen atoms in total. The minimum atomic E-state index is -1.15. The molecule has 0 spiro atoms. The highest BCUT2D eigenvalue weighted by atomic mass is 16.5. The second-order valence-electron chi connectivity index (χ2n) is 5.53. The molecule has 122 valence electrons. The van der Waals surface area contributed by atoms with E-state index in [0.29, 0.717) is 5.56 Å². The number of likely N-dealkylation sites (N-methyl/N-ethyl adjacent to an activating group) is 1. The highest BCUT2D eigenvalue weighted by molar-refractivity contribution is 5.90. The van der Waals surface area contributed by atoms with Crippen LogP contribution in [0.15, 0.2) is 18.2 Å². The molecule has 0 aliphatic carbocycles. The summed E-state index contributed by atoms with van der Waals surface area (Å²) in [6.45, 7) is 3.52. The van der Waals surface area contributed by atoms with Crippen molar-refractivity contribution in [3.05, 3.63) is 34.9 Å². The van der Waals surface area contributed by atoms with E-state index in [1.807, 2.05) is 18.0 Å². The van der Waals surface area contributed by atoms with Gasteiger partial charge in [-0.25, -0.2) is 4.79 Å². The molecule has 0 saturated carbocycles. The van der Waals surface area contributed by atoms with Crippen LogP contribution in [0.2, 0.25) is 0 Å². The fraction of sp³-hybridized carbons (Fsp3) is 0.438. The number of carbonyl (C=O) groups is 2. The zero-order valence-electron chi connectivity index (χ0n) is 13.0. The molecule has 7 heteroatoms. The van der Waals surface area contributed by atoms with Crippen molar-refractivity contribution < 1.29 is 19.4 Å². The number of carboxylic acid groups (broad SMARTS) is 1. The molecule has 0 aromatic heterocycles. The van der Waals surface area contributed by atoms with Crippen molar-refractivity contribution in [2.24, 2.45) is 0 Å². The van der Waals surface area contributed by atoms with Gasteiger partial charge in [-0.2, -0.15) is 5.26 Å². The summed E-state index contributed by atoms with van der Waals surface area (Å²) in [7, 11) is 2.04. The molecule has 2 rings (SSSR count). The van der Waals surface area contributed by atoms with Crippen LogP contribution in [-0.2, 0) is 16.1 Å². The van der Waals surface area contributed by atoms with Crippen molar-refractivity contribution in [3.63, 3.8) is 0 Å². The molecule has 1 aliphatic rings. The van der Waals surface area contributed by atoms with Crippen LogP contribution in [0, 0.1) is 11.3 Å². The summed E-state index contributed by atoms with van der Waals surface area (Å²) in [5.41, 5.74) is 0.620. The number of nitriles is 1. The number of nitrogens with zero attached hydrogens (tertiary/aromatic N) is 3. The quantitative estimate of drug-likeness (QED) is 0.792. The number of rotatable bonds is 5. The molecule has 1 heterocycles. The molecule has 0 bridgehead atoms. The predicted octanol–water partition coefficient (Wildman–Crippen LogP) is 0.547. The Balaban J connectivity index is 1.91. The Morgan fingerprint density at radius 1 is 1.30 bits per heavy atom. The average Bonchev–Trinajstić information content (AvgIpc) is 2.54. The van der Waals surface area contributed by atoms with Gasteiger partial charge in [0.05, 0.1) is 23.7 Å². The topological polar surface area (TPSA) is 93.9 Å². The Morgan fingerprint density at radius 2 is 2.00 bits per heavy atom. The van der Waals surface area contributed by atoms with Gasteiger partial charge in [0.1, 0.15) is 6.61 Å². The van der Waals surface area contributed by atoms with Crippen molar-refractivity contribution >= 4 is 11.9 Å². The third-order valence-corrected chi connectivity index (χ3v) is 3.81. The van der Waals surface area contributed by atoms with Gasteiger partial charge < -0.3 is 14.7 Å². The molecule has 1 N–H and O–H groups in total. The molecular weight excluding hydrogens is 298 g/mol. The maximum absolute atomic E-state index is 11.9. The number of carboxylic acids is 1. The van der Waals surface area contributed by atoms with Crippen molar-refractivity contribution in [2.45, 2.75) is 6.61 Å². The minimum absolute atomic E-state index is 0.0172. The number of esters is 1. The first kappa shape index (κ1) is 16.9. The largest absolute Gasteiger partial charge is 0.478 e. The molecule has 1 saturated heterocycles. The van der Waals surface area contributed by atoms with Crippen LogP contribution in [0.1, 0.15) is 21.5 Å². The number of carbonyl (C=O) groups excluding carboxylic acids is 1. The predicted molar refractivity (Wildman–Crippen MR) is 81.8 cm³/mol. The van der Waals surface area contributed by atoms with Crippen LogP contribution < -0.4 is 0 Å². The van der Waals surface area contributed by atoms with Crippen LogP contribution in [-0.4, -0.2) is 66.6 Å². The number of hydrogen-bond donors (Lipinski definition) is 1. The summed E-state index contributed by atoms with van der Waals surface area (Å²) in [4.78, 5) is 27.3. The molecule has 0 unspecified atom stereocenters. The van der Waals surface area contributed by atoms with Crippen LogP contribution in [0.25, 0.3) is 0 Å². The van der Waals surface area contributed by atoms with Gasteiger partial charge in [0.25, 0.3) is 0 Å². The van der Waals surface area contributed by atoms with Crippen LogP contribution in [0.4, 0.5) is 0 Å². The lowest BCUT2D eigenvalue weighted by atomic mass is 10.1. The third-order valence-electron chi connectivity index (χ3n) is 3.81. The Hall–Kier alpha value is -2.43. The van der Waals surface area contributed by atoms with E-state index in [1.165, 1.54) is 18.2 Å². The normalized spacial score (nSPS) is 15.8. The van der Waals surface area contributed by atoms with Gasteiger partial charge in [-0.05, 0) is 19.2 Å². The summed E-state index contributed by atoms with van der Waals surface area (Å²) in [5, 5.41) is 18.0. The number of piperazine rings is 1. The van der Waals surface area contributed by atoms with Crippen LogP contribution in [0.5, 0.6) is 0 Å². The molecule has 1 aromatic carbocycles. The second kappa shape index (κ2) is 7.72. The Kier molecular flexibility index (Phi) is 5.68. The van der Waals surface area contributed by atoms with E-state index in [4.69, 9.17) is 10.00 Å². The fourth-order valence-electron chi connectivity index (χ4n) is 2.36. The van der Waals surface area contributed by atoms with E-state index in [1.54, 1.807) is 0 Å². The maximum Gasteiger partial charge on any atom is 0.336 e. The summed E-state index contributed by atoms with van der Waals surface area (Å²) >= 11 is 0. The highest BCUT2D eigenvalue weighted by Crippen LogP contribution is 2.13. The van der Waals surface area contributed by atoms with Gasteiger partial charge >= 0.3 is 11.9 Å². The maximum atomic E-state index is 11.9. The molecule has 1 aliphatic heterocycles. The summed E-state index contributed by atoms with van der Waals surface area (Å²) in [6, 6.07) is 6.19. The summed E-state index contributed by atoms with van der Waals surface area (Å²) in [5.74, 6) is -1.53. The number of hydrogen-bond acceptors (Lipinski definition) is 6. The fourth-order valence-corrected chi connectivity index (χ4v) is 2.36. The summed E-state index contributed by atoms with van der Waals surface area (Å²) in [6.07, 6.45) is 0. The molecule has 0 amide bonds. The van der Waals surface area contributed by atoms with E-state index >= 15 is 0 Å². The standard InChI is InChI=1S/C16H19N3O4/c1-18-4-6-19(7-5-18)10-15(20)23-11-13-3-2-12(9-17)8-14(13)16(21)22/h2-3,8H,4-7,10-11H2,1H3,(H,21,22). The van der Waals surface area contributed by atoms with Crippen LogP contribution >= 0.6 is 0 Å². The SMILES string of the molecule is CN1CCN(CC(=O)OCc2ccc(C#N)cc2C(=O)O)CC1. The first-order chi connectivity index (χ1) is 11.0. The Labute approximate surface area is 134 Å². The highest BCUT2D eigenvalue weighted by Gasteiger charge is 2.18. The Bertz CT molecular complexity index is 631.